The predicted molar refractivity (Wildman–Crippen MR) is 58.4 cm³/mol. The lowest BCUT2D eigenvalue weighted by Gasteiger charge is -2.07. The molecule has 1 aromatic rings. The molecule has 1 rings (SSSR count). The lowest BCUT2D eigenvalue weighted by atomic mass is 10.1. The molecule has 0 aromatic heterocycles. The maximum Gasteiger partial charge on any atom is 0.133 e. The summed E-state index contributed by atoms with van der Waals surface area (Å²) in [7, 11) is 0. The summed E-state index contributed by atoms with van der Waals surface area (Å²) in [4.78, 5) is 0. The van der Waals surface area contributed by atoms with Crippen molar-refractivity contribution in [3.8, 4) is 5.75 Å². The van der Waals surface area contributed by atoms with E-state index in [1.54, 1.807) is 0 Å². The van der Waals surface area contributed by atoms with Gasteiger partial charge in [-0.15, -0.1) is 0 Å². The smallest absolute Gasteiger partial charge is 0.133 e. The molecule has 0 atom stereocenters. The molecule has 0 aliphatic carbocycles. The van der Waals surface area contributed by atoms with Gasteiger partial charge >= 0.3 is 0 Å². The molecule has 0 spiro atoms. The van der Waals surface area contributed by atoms with Crippen molar-refractivity contribution in [2.75, 3.05) is 19.8 Å². The molecular formula is C10H13BrFNO. The van der Waals surface area contributed by atoms with Gasteiger partial charge in [-0.05, 0) is 46.6 Å². The first-order valence-electron chi connectivity index (χ1n) is 4.45. The lowest BCUT2D eigenvalue weighted by molar-refractivity contribution is 0.272. The summed E-state index contributed by atoms with van der Waals surface area (Å²) in [6.07, 6.45) is 0.835. The van der Waals surface area contributed by atoms with Gasteiger partial charge in [0.05, 0.1) is 4.47 Å². The molecule has 0 fully saturated rings. The fraction of sp³-hybridized carbons (Fsp3) is 0.400. The molecule has 0 radical (unpaired) electrons. The van der Waals surface area contributed by atoms with E-state index in [2.05, 4.69) is 15.9 Å². The maximum atomic E-state index is 11.9. The van der Waals surface area contributed by atoms with Crippen molar-refractivity contribution in [3.05, 3.63) is 28.2 Å². The summed E-state index contributed by atoms with van der Waals surface area (Å²) in [5.74, 6) is 0.670. The van der Waals surface area contributed by atoms with E-state index in [1.807, 2.05) is 18.2 Å². The van der Waals surface area contributed by atoms with Crippen molar-refractivity contribution < 1.29 is 9.13 Å². The highest BCUT2D eigenvalue weighted by Gasteiger charge is 2.01. The minimum atomic E-state index is -0.475. The Morgan fingerprint density at radius 2 is 2.21 bits per heavy atom. The van der Waals surface area contributed by atoms with Crippen LogP contribution in [0.5, 0.6) is 5.75 Å². The Hall–Kier alpha value is -0.610. The van der Waals surface area contributed by atoms with Crippen LogP contribution in [-0.2, 0) is 6.42 Å². The number of halogens is 2. The molecule has 0 aliphatic heterocycles. The monoisotopic (exact) mass is 261 g/mol. The van der Waals surface area contributed by atoms with E-state index in [-0.39, 0.29) is 6.61 Å². The summed E-state index contributed by atoms with van der Waals surface area (Å²) < 4.78 is 17.9. The third-order valence-electron chi connectivity index (χ3n) is 1.76. The Morgan fingerprint density at radius 3 is 2.79 bits per heavy atom. The van der Waals surface area contributed by atoms with Gasteiger partial charge in [0.15, 0.2) is 0 Å². The van der Waals surface area contributed by atoms with Gasteiger partial charge in [0.2, 0.25) is 0 Å². The van der Waals surface area contributed by atoms with E-state index in [4.69, 9.17) is 10.5 Å². The predicted octanol–water partition coefficient (Wildman–Crippen LogP) is 2.30. The average molecular weight is 262 g/mol. The first kappa shape index (κ1) is 11.5. The molecule has 14 heavy (non-hydrogen) atoms. The van der Waals surface area contributed by atoms with Gasteiger partial charge in [-0.25, -0.2) is 4.39 Å². The van der Waals surface area contributed by atoms with Gasteiger partial charge in [-0.2, -0.15) is 0 Å². The van der Waals surface area contributed by atoms with Crippen LogP contribution in [0, 0.1) is 0 Å². The Kier molecular flexibility index (Phi) is 4.90. The van der Waals surface area contributed by atoms with Crippen LogP contribution >= 0.6 is 15.9 Å². The zero-order valence-electron chi connectivity index (χ0n) is 7.80. The molecule has 0 amide bonds. The van der Waals surface area contributed by atoms with Gasteiger partial charge in [0.25, 0.3) is 0 Å². The largest absolute Gasteiger partial charge is 0.490 e. The SMILES string of the molecule is NCCc1ccc(OCCF)c(Br)c1. The number of benzene rings is 1. The summed E-state index contributed by atoms with van der Waals surface area (Å²) in [6, 6.07) is 5.70. The first-order chi connectivity index (χ1) is 6.77. The normalized spacial score (nSPS) is 10.2. The number of rotatable bonds is 5. The highest BCUT2D eigenvalue weighted by atomic mass is 79.9. The zero-order valence-corrected chi connectivity index (χ0v) is 9.39. The second kappa shape index (κ2) is 5.98. The molecule has 0 aliphatic rings. The van der Waals surface area contributed by atoms with Crippen molar-refractivity contribution >= 4 is 15.9 Å². The Balaban J connectivity index is 2.68. The van der Waals surface area contributed by atoms with Crippen molar-refractivity contribution in [1.29, 1.82) is 0 Å². The second-order valence-corrected chi connectivity index (χ2v) is 3.70. The van der Waals surface area contributed by atoms with Gasteiger partial charge in [0.1, 0.15) is 19.0 Å². The van der Waals surface area contributed by atoms with Crippen molar-refractivity contribution in [3.63, 3.8) is 0 Å². The maximum absolute atomic E-state index is 11.9. The number of hydrogen-bond acceptors (Lipinski definition) is 2. The zero-order chi connectivity index (χ0) is 10.4. The molecule has 2 N–H and O–H groups in total. The Labute approximate surface area is 91.4 Å². The number of ether oxygens (including phenoxy) is 1. The van der Waals surface area contributed by atoms with Crippen LogP contribution in [0.25, 0.3) is 0 Å². The van der Waals surface area contributed by atoms with Crippen LogP contribution in [0.2, 0.25) is 0 Å². The summed E-state index contributed by atoms with van der Waals surface area (Å²) in [6.45, 7) is 0.239. The molecular weight excluding hydrogens is 249 g/mol. The van der Waals surface area contributed by atoms with E-state index in [0.29, 0.717) is 12.3 Å². The van der Waals surface area contributed by atoms with Gasteiger partial charge in [-0.1, -0.05) is 6.07 Å². The second-order valence-electron chi connectivity index (χ2n) is 2.84. The quantitative estimate of drug-likeness (QED) is 0.883. The molecule has 1 aromatic carbocycles. The third-order valence-corrected chi connectivity index (χ3v) is 2.38. The van der Waals surface area contributed by atoms with Crippen LogP contribution < -0.4 is 10.5 Å². The van der Waals surface area contributed by atoms with E-state index in [1.165, 1.54) is 0 Å². The van der Waals surface area contributed by atoms with Crippen LogP contribution in [0.4, 0.5) is 4.39 Å². The molecule has 0 bridgehead atoms. The van der Waals surface area contributed by atoms with Crippen LogP contribution in [0.3, 0.4) is 0 Å². The Bertz CT molecular complexity index is 293. The van der Waals surface area contributed by atoms with Gasteiger partial charge in [-0.3, -0.25) is 0 Å². The van der Waals surface area contributed by atoms with E-state index >= 15 is 0 Å². The van der Waals surface area contributed by atoms with Crippen molar-refractivity contribution in [1.82, 2.24) is 0 Å². The highest BCUT2D eigenvalue weighted by molar-refractivity contribution is 9.10. The molecule has 0 heterocycles. The minimum absolute atomic E-state index is 0.0921. The molecule has 0 saturated carbocycles. The van der Waals surface area contributed by atoms with E-state index in [9.17, 15) is 4.39 Å². The van der Waals surface area contributed by atoms with Crippen LogP contribution in [0.15, 0.2) is 22.7 Å². The standard InChI is InChI=1S/C10H13BrFNO/c11-9-7-8(3-5-13)1-2-10(9)14-6-4-12/h1-2,7H,3-6,13H2. The fourth-order valence-corrected chi connectivity index (χ4v) is 1.67. The highest BCUT2D eigenvalue weighted by Crippen LogP contribution is 2.26. The van der Waals surface area contributed by atoms with Crippen LogP contribution in [0.1, 0.15) is 5.56 Å². The van der Waals surface area contributed by atoms with Gasteiger partial charge in [0, 0.05) is 0 Å². The molecule has 0 saturated heterocycles. The molecule has 78 valence electrons. The molecule has 0 unspecified atom stereocenters. The molecule has 4 heteroatoms. The van der Waals surface area contributed by atoms with E-state index < -0.39 is 6.67 Å². The summed E-state index contributed by atoms with van der Waals surface area (Å²) in [5, 5.41) is 0. The number of alkyl halides is 1. The number of hydrogen-bond donors (Lipinski definition) is 1. The Morgan fingerprint density at radius 1 is 1.43 bits per heavy atom. The fourth-order valence-electron chi connectivity index (χ4n) is 1.13. The topological polar surface area (TPSA) is 35.2 Å². The lowest BCUT2D eigenvalue weighted by Crippen LogP contribution is -2.03. The van der Waals surface area contributed by atoms with Crippen LogP contribution in [-0.4, -0.2) is 19.8 Å². The minimum Gasteiger partial charge on any atom is -0.490 e. The average Bonchev–Trinajstić information content (AvgIpc) is 2.17. The van der Waals surface area contributed by atoms with E-state index in [0.717, 1.165) is 16.5 Å². The summed E-state index contributed by atoms with van der Waals surface area (Å²) >= 11 is 3.36. The van der Waals surface area contributed by atoms with Crippen molar-refractivity contribution in [2.24, 2.45) is 5.73 Å². The third kappa shape index (κ3) is 3.27. The van der Waals surface area contributed by atoms with Gasteiger partial charge < -0.3 is 10.5 Å². The van der Waals surface area contributed by atoms with Crippen molar-refractivity contribution in [2.45, 2.75) is 6.42 Å². The molecule has 2 nitrogen and oxygen atoms in total. The first-order valence-corrected chi connectivity index (χ1v) is 5.24. The number of nitrogens with two attached hydrogens (primary N) is 1. The summed E-state index contributed by atoms with van der Waals surface area (Å²) in [5.41, 5.74) is 6.58.